The van der Waals surface area contributed by atoms with E-state index >= 15 is 0 Å². The lowest BCUT2D eigenvalue weighted by Crippen LogP contribution is -2.25. The molecule has 2 aromatic carbocycles. The molecule has 1 aliphatic rings. The van der Waals surface area contributed by atoms with Crippen LogP contribution >= 0.6 is 0 Å². The van der Waals surface area contributed by atoms with Crippen molar-refractivity contribution in [1.82, 2.24) is 5.01 Å². The van der Waals surface area contributed by atoms with Crippen molar-refractivity contribution in [2.24, 2.45) is 5.10 Å². The van der Waals surface area contributed by atoms with Gasteiger partial charge in [-0.05, 0) is 30.3 Å². The SMILES string of the molecule is CC(=O)Oc1ccc([N+](=O)[O-])cc1C1=NN(C(C)=O)[C@H](c2ccc(O)cc2)O1. The number of rotatable bonds is 4. The first-order chi connectivity index (χ1) is 13.3. The van der Waals surface area contributed by atoms with E-state index < -0.39 is 23.0 Å². The zero-order valence-corrected chi connectivity index (χ0v) is 14.9. The lowest BCUT2D eigenvalue weighted by Gasteiger charge is -2.19. The maximum absolute atomic E-state index is 12.0. The molecule has 0 fully saturated rings. The van der Waals surface area contributed by atoms with Crippen LogP contribution in [0.2, 0.25) is 0 Å². The first kappa shape index (κ1) is 18.8. The molecule has 0 aliphatic carbocycles. The van der Waals surface area contributed by atoms with Crippen molar-refractivity contribution in [3.05, 3.63) is 63.7 Å². The van der Waals surface area contributed by atoms with E-state index in [0.717, 1.165) is 11.1 Å². The Bertz CT molecular complexity index is 985. The van der Waals surface area contributed by atoms with Crippen molar-refractivity contribution in [2.45, 2.75) is 20.1 Å². The van der Waals surface area contributed by atoms with Crippen molar-refractivity contribution in [3.8, 4) is 11.5 Å². The number of hydrogen-bond acceptors (Lipinski definition) is 8. The third-order valence-electron chi connectivity index (χ3n) is 3.80. The van der Waals surface area contributed by atoms with Crippen LogP contribution in [0.5, 0.6) is 11.5 Å². The molecule has 1 heterocycles. The van der Waals surface area contributed by atoms with Crippen LogP contribution in [0.1, 0.15) is 31.2 Å². The van der Waals surface area contributed by atoms with Crippen molar-refractivity contribution >= 4 is 23.5 Å². The Morgan fingerprint density at radius 1 is 1.21 bits per heavy atom. The summed E-state index contributed by atoms with van der Waals surface area (Å²) >= 11 is 0. The Balaban J connectivity index is 2.05. The predicted molar refractivity (Wildman–Crippen MR) is 95.4 cm³/mol. The molecule has 0 saturated carbocycles. The van der Waals surface area contributed by atoms with Crippen LogP contribution in [0.15, 0.2) is 47.6 Å². The summed E-state index contributed by atoms with van der Waals surface area (Å²) in [4.78, 5) is 33.9. The minimum Gasteiger partial charge on any atom is -0.508 e. The lowest BCUT2D eigenvalue weighted by molar-refractivity contribution is -0.384. The highest BCUT2D eigenvalue weighted by Gasteiger charge is 2.35. The normalized spacial score (nSPS) is 15.6. The molecule has 10 heteroatoms. The number of non-ortho nitro benzene ring substituents is 1. The molecule has 0 aromatic heterocycles. The number of phenolic OH excluding ortho intramolecular Hbond substituents is 1. The average molecular weight is 385 g/mol. The topological polar surface area (TPSA) is 132 Å². The van der Waals surface area contributed by atoms with Gasteiger partial charge < -0.3 is 14.6 Å². The molecule has 0 unspecified atom stereocenters. The number of hydrogen-bond donors (Lipinski definition) is 1. The first-order valence-corrected chi connectivity index (χ1v) is 8.07. The number of ether oxygens (including phenoxy) is 2. The Morgan fingerprint density at radius 3 is 2.46 bits per heavy atom. The van der Waals surface area contributed by atoms with Crippen molar-refractivity contribution < 1.29 is 29.1 Å². The molecule has 3 rings (SSSR count). The van der Waals surface area contributed by atoms with Crippen molar-refractivity contribution in [3.63, 3.8) is 0 Å². The number of nitro groups is 1. The van der Waals surface area contributed by atoms with E-state index in [4.69, 9.17) is 9.47 Å². The summed E-state index contributed by atoms with van der Waals surface area (Å²) in [6, 6.07) is 9.53. The second-order valence-electron chi connectivity index (χ2n) is 5.86. The molecular formula is C18H15N3O7. The van der Waals surface area contributed by atoms with Gasteiger partial charge in [-0.1, -0.05) is 0 Å². The van der Waals surface area contributed by atoms with Gasteiger partial charge in [-0.25, -0.2) is 0 Å². The van der Waals surface area contributed by atoms with E-state index in [2.05, 4.69) is 5.10 Å². The molecule has 0 spiro atoms. The van der Waals surface area contributed by atoms with Crippen LogP contribution in [0.25, 0.3) is 0 Å². The van der Waals surface area contributed by atoms with E-state index in [9.17, 15) is 24.8 Å². The molecule has 28 heavy (non-hydrogen) atoms. The summed E-state index contributed by atoms with van der Waals surface area (Å²) in [6.45, 7) is 2.47. The number of nitro benzene ring substituents is 1. The second kappa shape index (κ2) is 7.35. The highest BCUT2D eigenvalue weighted by molar-refractivity contribution is 6.00. The monoisotopic (exact) mass is 385 g/mol. The number of carbonyl (C=O) groups is 2. The van der Waals surface area contributed by atoms with Crippen LogP contribution in [0, 0.1) is 10.1 Å². The summed E-state index contributed by atoms with van der Waals surface area (Å²) in [5.74, 6) is -1.15. The highest BCUT2D eigenvalue weighted by atomic mass is 16.6. The molecule has 144 valence electrons. The second-order valence-corrected chi connectivity index (χ2v) is 5.86. The number of carbonyl (C=O) groups excluding carboxylic acids is 2. The minimum absolute atomic E-state index is 0.00621. The summed E-state index contributed by atoms with van der Waals surface area (Å²) in [6.07, 6.45) is -0.947. The fraction of sp³-hybridized carbons (Fsp3) is 0.167. The smallest absolute Gasteiger partial charge is 0.308 e. The van der Waals surface area contributed by atoms with Crippen LogP contribution in [-0.4, -0.2) is 32.8 Å². The third kappa shape index (κ3) is 3.75. The number of amides is 1. The highest BCUT2D eigenvalue weighted by Crippen LogP contribution is 2.34. The lowest BCUT2D eigenvalue weighted by atomic mass is 10.1. The molecule has 0 radical (unpaired) electrons. The summed E-state index contributed by atoms with van der Waals surface area (Å²) < 4.78 is 10.8. The Kier molecular flexibility index (Phi) is 4.94. The van der Waals surface area contributed by atoms with E-state index in [-0.39, 0.29) is 28.6 Å². The van der Waals surface area contributed by atoms with Gasteiger partial charge in [-0.3, -0.25) is 19.7 Å². The maximum atomic E-state index is 12.0. The van der Waals surface area contributed by atoms with E-state index in [1.807, 2.05) is 0 Å². The van der Waals surface area contributed by atoms with Crippen LogP contribution in [0.4, 0.5) is 5.69 Å². The standard InChI is InChI=1S/C18H15N3O7/c1-10(22)20-18(12-3-6-14(24)7-4-12)28-17(19-20)15-9-13(21(25)26)5-8-16(15)27-11(2)23/h3-9,18,24H,1-2H3/t18-/m0/s1. The van der Waals surface area contributed by atoms with Gasteiger partial charge in [0.05, 0.1) is 10.5 Å². The van der Waals surface area contributed by atoms with E-state index in [1.165, 1.54) is 38.1 Å². The zero-order valence-electron chi connectivity index (χ0n) is 14.9. The molecule has 1 atom stereocenters. The third-order valence-corrected chi connectivity index (χ3v) is 3.80. The Labute approximate surface area is 158 Å². The van der Waals surface area contributed by atoms with Crippen molar-refractivity contribution in [1.29, 1.82) is 0 Å². The summed E-state index contributed by atoms with van der Waals surface area (Å²) in [7, 11) is 0. The summed E-state index contributed by atoms with van der Waals surface area (Å²) in [5, 5.41) is 25.7. The van der Waals surface area contributed by atoms with Gasteiger partial charge in [0, 0.05) is 31.5 Å². The van der Waals surface area contributed by atoms with Gasteiger partial charge in [0.2, 0.25) is 18.0 Å². The first-order valence-electron chi connectivity index (χ1n) is 8.07. The van der Waals surface area contributed by atoms with Gasteiger partial charge in [0.25, 0.3) is 5.69 Å². The molecule has 10 nitrogen and oxygen atoms in total. The Hall–Kier alpha value is -3.95. The van der Waals surface area contributed by atoms with Crippen LogP contribution in [0.3, 0.4) is 0 Å². The van der Waals surface area contributed by atoms with Crippen molar-refractivity contribution in [2.75, 3.05) is 0 Å². The molecule has 0 saturated heterocycles. The fourth-order valence-corrected chi connectivity index (χ4v) is 2.57. The molecular weight excluding hydrogens is 370 g/mol. The number of hydrazone groups is 1. The van der Waals surface area contributed by atoms with Crippen LogP contribution < -0.4 is 4.74 Å². The summed E-state index contributed by atoms with van der Waals surface area (Å²) in [5.41, 5.74) is 0.308. The molecule has 1 amide bonds. The van der Waals surface area contributed by atoms with Gasteiger partial charge >= 0.3 is 5.97 Å². The van der Waals surface area contributed by atoms with E-state index in [0.29, 0.717) is 5.56 Å². The molecule has 0 bridgehead atoms. The zero-order chi connectivity index (χ0) is 20.4. The largest absolute Gasteiger partial charge is 0.508 e. The Morgan fingerprint density at radius 2 is 1.89 bits per heavy atom. The van der Waals surface area contributed by atoms with Gasteiger partial charge in [0.1, 0.15) is 11.5 Å². The molecule has 2 aromatic rings. The number of benzene rings is 2. The van der Waals surface area contributed by atoms with Gasteiger partial charge in [0.15, 0.2) is 0 Å². The molecule has 1 N–H and O–H groups in total. The number of phenols is 1. The van der Waals surface area contributed by atoms with Crippen LogP contribution in [-0.2, 0) is 14.3 Å². The van der Waals surface area contributed by atoms with E-state index in [1.54, 1.807) is 12.1 Å². The number of nitrogens with zero attached hydrogens (tertiary/aromatic N) is 3. The number of aromatic hydroxyl groups is 1. The fourth-order valence-electron chi connectivity index (χ4n) is 2.57. The quantitative estimate of drug-likeness (QED) is 0.370. The minimum atomic E-state index is -0.947. The average Bonchev–Trinajstić information content (AvgIpc) is 3.07. The van der Waals surface area contributed by atoms with Gasteiger partial charge in [-0.2, -0.15) is 5.01 Å². The van der Waals surface area contributed by atoms with Gasteiger partial charge in [-0.15, -0.1) is 5.10 Å². The predicted octanol–water partition coefficient (Wildman–Crippen LogP) is 2.46. The molecule has 1 aliphatic heterocycles. The number of esters is 1. The maximum Gasteiger partial charge on any atom is 0.308 e.